The zero-order valence-corrected chi connectivity index (χ0v) is 11.5. The molecule has 2 aromatic rings. The van der Waals surface area contributed by atoms with Crippen LogP contribution < -0.4 is 4.74 Å². The first-order valence-corrected chi connectivity index (χ1v) is 6.79. The molecule has 0 saturated carbocycles. The molecular weight excluding hydrogens is 262 g/mol. The number of rotatable bonds is 2. The molecule has 19 heavy (non-hydrogen) atoms. The number of thiazole rings is 1. The van der Waals surface area contributed by atoms with E-state index >= 15 is 0 Å². The zero-order valence-electron chi connectivity index (χ0n) is 10.7. The quantitative estimate of drug-likeness (QED) is 0.791. The molecule has 1 aromatic carbocycles. The van der Waals surface area contributed by atoms with Crippen molar-refractivity contribution in [2.24, 2.45) is 0 Å². The molecule has 3 rings (SSSR count). The lowest BCUT2D eigenvalue weighted by molar-refractivity contribution is 0.0605. The van der Waals surface area contributed by atoms with Crippen LogP contribution >= 0.6 is 11.3 Å². The Morgan fingerprint density at radius 2 is 2.26 bits per heavy atom. The summed E-state index contributed by atoms with van der Waals surface area (Å²) in [5.41, 5.74) is 1.85. The molecular formula is C14H13NO3S. The van der Waals surface area contributed by atoms with Crippen LogP contribution in [-0.2, 0) is 4.74 Å². The highest BCUT2D eigenvalue weighted by atomic mass is 32.1. The molecule has 0 radical (unpaired) electrons. The molecule has 1 unspecified atom stereocenters. The fourth-order valence-electron chi connectivity index (χ4n) is 2.22. The normalized spacial score (nSPS) is 16.8. The van der Waals surface area contributed by atoms with E-state index in [1.807, 2.05) is 31.2 Å². The maximum atomic E-state index is 11.6. The Hall–Kier alpha value is -1.88. The Balaban J connectivity index is 1.99. The lowest BCUT2D eigenvalue weighted by atomic mass is 10.0. The minimum atomic E-state index is -0.326. The smallest absolute Gasteiger partial charge is 0.349 e. The summed E-state index contributed by atoms with van der Waals surface area (Å²) in [6.07, 6.45) is 0. The molecule has 2 heterocycles. The molecule has 4 nitrogen and oxygen atoms in total. The highest BCUT2D eigenvalue weighted by molar-refractivity contribution is 7.13. The molecule has 5 heteroatoms. The molecule has 1 aliphatic rings. The molecule has 0 N–H and O–H groups in total. The third kappa shape index (κ3) is 2.00. The van der Waals surface area contributed by atoms with E-state index in [1.165, 1.54) is 18.4 Å². The van der Waals surface area contributed by atoms with Crippen LogP contribution in [0.5, 0.6) is 5.75 Å². The van der Waals surface area contributed by atoms with E-state index in [2.05, 4.69) is 4.98 Å². The Labute approximate surface area is 115 Å². The number of ether oxygens (including phenoxy) is 2. The second-order valence-corrected chi connectivity index (χ2v) is 5.39. The van der Waals surface area contributed by atoms with Gasteiger partial charge in [0.15, 0.2) is 0 Å². The van der Waals surface area contributed by atoms with Gasteiger partial charge >= 0.3 is 5.97 Å². The summed E-state index contributed by atoms with van der Waals surface area (Å²) in [4.78, 5) is 16.7. The summed E-state index contributed by atoms with van der Waals surface area (Å²) >= 11 is 1.39. The number of esters is 1. The summed E-state index contributed by atoms with van der Waals surface area (Å²) in [5, 5.41) is 0.905. The van der Waals surface area contributed by atoms with Gasteiger partial charge in [0, 0.05) is 5.56 Å². The third-order valence-electron chi connectivity index (χ3n) is 3.18. The maximum absolute atomic E-state index is 11.6. The molecule has 1 aromatic heterocycles. The van der Waals surface area contributed by atoms with E-state index in [-0.39, 0.29) is 11.9 Å². The Morgan fingerprint density at radius 1 is 1.47 bits per heavy atom. The molecule has 98 valence electrons. The van der Waals surface area contributed by atoms with E-state index in [1.54, 1.807) is 0 Å². The highest BCUT2D eigenvalue weighted by Crippen LogP contribution is 2.39. The summed E-state index contributed by atoms with van der Waals surface area (Å²) in [7, 11) is 1.38. The van der Waals surface area contributed by atoms with Crippen LogP contribution in [0.1, 0.15) is 31.9 Å². The first kappa shape index (κ1) is 12.2. The average Bonchev–Trinajstić information content (AvgIpc) is 3.01. The summed E-state index contributed by atoms with van der Waals surface area (Å²) in [5.74, 6) is 0.687. The van der Waals surface area contributed by atoms with E-state index in [0.717, 1.165) is 22.0 Å². The monoisotopic (exact) mass is 275 g/mol. The van der Waals surface area contributed by atoms with Crippen molar-refractivity contribution >= 4 is 17.3 Å². The number of fused-ring (bicyclic) bond motifs is 1. The van der Waals surface area contributed by atoms with Crippen molar-refractivity contribution in [1.82, 2.24) is 4.98 Å². The van der Waals surface area contributed by atoms with Gasteiger partial charge in [-0.25, -0.2) is 9.78 Å². The maximum Gasteiger partial charge on any atom is 0.349 e. The van der Waals surface area contributed by atoms with Gasteiger partial charge in [-0.15, -0.1) is 11.3 Å². The Kier molecular flexibility index (Phi) is 2.98. The fraction of sp³-hybridized carbons (Fsp3) is 0.286. The average molecular weight is 275 g/mol. The molecule has 1 aliphatic heterocycles. The summed E-state index contributed by atoms with van der Waals surface area (Å²) < 4.78 is 10.4. The molecule has 0 bridgehead atoms. The van der Waals surface area contributed by atoms with Crippen LogP contribution in [0.3, 0.4) is 0 Å². The number of aromatic nitrogens is 1. The minimum absolute atomic E-state index is 0.110. The van der Waals surface area contributed by atoms with Crippen molar-refractivity contribution in [2.75, 3.05) is 13.7 Å². The SMILES string of the molecule is COC(=O)c1sc(C2COc3ccccc32)nc1C. The first-order chi connectivity index (χ1) is 9.20. The molecule has 0 fully saturated rings. The molecule has 0 aliphatic carbocycles. The van der Waals surface area contributed by atoms with Crippen LogP contribution in [0.25, 0.3) is 0 Å². The molecule has 1 atom stereocenters. The zero-order chi connectivity index (χ0) is 13.4. The Bertz CT molecular complexity index is 635. The number of aryl methyl sites for hydroxylation is 1. The van der Waals surface area contributed by atoms with Gasteiger partial charge in [-0.1, -0.05) is 18.2 Å². The van der Waals surface area contributed by atoms with E-state index in [9.17, 15) is 4.79 Å². The van der Waals surface area contributed by atoms with Gasteiger partial charge in [0.25, 0.3) is 0 Å². The van der Waals surface area contributed by atoms with Crippen molar-refractivity contribution < 1.29 is 14.3 Å². The largest absolute Gasteiger partial charge is 0.492 e. The molecule has 0 spiro atoms. The predicted molar refractivity (Wildman–Crippen MR) is 72.0 cm³/mol. The lowest BCUT2D eigenvalue weighted by Gasteiger charge is -2.03. The van der Waals surface area contributed by atoms with Crippen molar-refractivity contribution in [3.05, 3.63) is 45.4 Å². The second kappa shape index (κ2) is 4.66. The predicted octanol–water partition coefficient (Wildman–Crippen LogP) is 2.76. The van der Waals surface area contributed by atoms with Gasteiger partial charge in [-0.3, -0.25) is 0 Å². The van der Waals surface area contributed by atoms with Crippen molar-refractivity contribution in [2.45, 2.75) is 12.8 Å². The number of hydrogen-bond donors (Lipinski definition) is 0. The van der Waals surface area contributed by atoms with Crippen LogP contribution in [0.4, 0.5) is 0 Å². The number of nitrogens with zero attached hydrogens (tertiary/aromatic N) is 1. The number of para-hydroxylation sites is 1. The van der Waals surface area contributed by atoms with Gasteiger partial charge in [-0.2, -0.15) is 0 Å². The van der Waals surface area contributed by atoms with Crippen molar-refractivity contribution in [1.29, 1.82) is 0 Å². The van der Waals surface area contributed by atoms with Gasteiger partial charge in [0.1, 0.15) is 22.2 Å². The number of methoxy groups -OCH3 is 1. The fourth-order valence-corrected chi connectivity index (χ4v) is 3.30. The number of carbonyl (C=O) groups excluding carboxylic acids is 1. The first-order valence-electron chi connectivity index (χ1n) is 5.98. The number of hydrogen-bond acceptors (Lipinski definition) is 5. The molecule has 0 saturated heterocycles. The van der Waals surface area contributed by atoms with Crippen LogP contribution in [-0.4, -0.2) is 24.7 Å². The topological polar surface area (TPSA) is 48.4 Å². The summed E-state index contributed by atoms with van der Waals surface area (Å²) in [6.45, 7) is 2.40. The molecule has 0 amide bonds. The van der Waals surface area contributed by atoms with Gasteiger partial charge in [0.2, 0.25) is 0 Å². The van der Waals surface area contributed by atoms with Gasteiger partial charge < -0.3 is 9.47 Å². The van der Waals surface area contributed by atoms with E-state index < -0.39 is 0 Å². The van der Waals surface area contributed by atoms with Crippen LogP contribution in [0.15, 0.2) is 24.3 Å². The number of benzene rings is 1. The minimum Gasteiger partial charge on any atom is -0.492 e. The standard InChI is InChI=1S/C14H13NO3S/c1-8-12(14(16)17-2)19-13(15-8)10-7-18-11-6-4-3-5-9(10)11/h3-6,10H,7H2,1-2H3. The third-order valence-corrected chi connectivity index (χ3v) is 4.43. The van der Waals surface area contributed by atoms with Crippen molar-refractivity contribution in [3.8, 4) is 5.75 Å². The Morgan fingerprint density at radius 3 is 3.05 bits per heavy atom. The van der Waals surface area contributed by atoms with Crippen LogP contribution in [0, 0.1) is 6.92 Å². The lowest BCUT2D eigenvalue weighted by Crippen LogP contribution is -2.01. The van der Waals surface area contributed by atoms with Gasteiger partial charge in [-0.05, 0) is 13.0 Å². The van der Waals surface area contributed by atoms with Gasteiger partial charge in [0.05, 0.1) is 18.7 Å². The van der Waals surface area contributed by atoms with Crippen molar-refractivity contribution in [3.63, 3.8) is 0 Å². The second-order valence-electron chi connectivity index (χ2n) is 4.36. The summed E-state index contributed by atoms with van der Waals surface area (Å²) in [6, 6.07) is 7.94. The van der Waals surface area contributed by atoms with Crippen LogP contribution in [0.2, 0.25) is 0 Å². The highest BCUT2D eigenvalue weighted by Gasteiger charge is 2.29. The van der Waals surface area contributed by atoms with E-state index in [0.29, 0.717) is 11.5 Å². The number of carbonyl (C=O) groups is 1. The van der Waals surface area contributed by atoms with E-state index in [4.69, 9.17) is 9.47 Å².